The fourth-order valence-electron chi connectivity index (χ4n) is 1.97. The molecular formula is C16H14FN3O7S. The van der Waals surface area contributed by atoms with Crippen LogP contribution < -0.4 is 4.74 Å². The topological polar surface area (TPSA) is 139 Å². The molecular weight excluding hydrogens is 397 g/mol. The molecule has 0 radical (unpaired) electrons. The molecule has 0 aliphatic rings. The molecule has 0 spiro atoms. The number of benzene rings is 2. The highest BCUT2D eigenvalue weighted by molar-refractivity contribution is 7.90. The van der Waals surface area contributed by atoms with Gasteiger partial charge in [-0.3, -0.25) is 10.1 Å². The third-order valence-electron chi connectivity index (χ3n) is 3.21. The number of nitrogens with zero attached hydrogens (tertiary/aromatic N) is 3. The van der Waals surface area contributed by atoms with Gasteiger partial charge in [0.05, 0.1) is 10.5 Å². The molecule has 0 aliphatic heterocycles. The van der Waals surface area contributed by atoms with Crippen LogP contribution in [0.3, 0.4) is 0 Å². The lowest BCUT2D eigenvalue weighted by Crippen LogP contribution is -2.12. The van der Waals surface area contributed by atoms with Crippen LogP contribution in [-0.2, 0) is 10.0 Å². The van der Waals surface area contributed by atoms with Gasteiger partial charge in [0.25, 0.3) is 10.0 Å². The van der Waals surface area contributed by atoms with Gasteiger partial charge >= 0.3 is 11.7 Å². The third-order valence-corrected chi connectivity index (χ3v) is 4.44. The van der Waals surface area contributed by atoms with Gasteiger partial charge in [0, 0.05) is 20.2 Å². The first-order valence-corrected chi connectivity index (χ1v) is 8.91. The van der Waals surface area contributed by atoms with E-state index in [0.29, 0.717) is 12.1 Å². The van der Waals surface area contributed by atoms with Crippen molar-refractivity contribution in [1.29, 1.82) is 0 Å². The van der Waals surface area contributed by atoms with Gasteiger partial charge in [-0.25, -0.2) is 9.18 Å². The Morgan fingerprint density at radius 3 is 2.39 bits per heavy atom. The number of rotatable bonds is 7. The average molecular weight is 411 g/mol. The van der Waals surface area contributed by atoms with Crippen LogP contribution in [0.1, 0.15) is 10.4 Å². The summed E-state index contributed by atoms with van der Waals surface area (Å²) < 4.78 is 46.9. The van der Waals surface area contributed by atoms with E-state index in [2.05, 4.69) is 4.40 Å². The number of halogens is 1. The Morgan fingerprint density at radius 1 is 1.29 bits per heavy atom. The zero-order valence-electron chi connectivity index (χ0n) is 14.6. The molecule has 0 saturated carbocycles. The van der Waals surface area contributed by atoms with E-state index in [1.54, 1.807) is 0 Å². The van der Waals surface area contributed by atoms with Crippen LogP contribution >= 0.6 is 0 Å². The van der Waals surface area contributed by atoms with Gasteiger partial charge in [0.15, 0.2) is 0 Å². The van der Waals surface area contributed by atoms with E-state index in [1.807, 2.05) is 0 Å². The van der Waals surface area contributed by atoms with Crippen molar-refractivity contribution < 1.29 is 32.4 Å². The van der Waals surface area contributed by atoms with Crippen molar-refractivity contribution in [3.63, 3.8) is 0 Å². The second-order valence-corrected chi connectivity index (χ2v) is 7.20. The van der Waals surface area contributed by atoms with Crippen LogP contribution in [0.4, 0.5) is 10.1 Å². The van der Waals surface area contributed by atoms with Crippen LogP contribution in [-0.4, -0.2) is 49.8 Å². The lowest BCUT2D eigenvalue weighted by molar-refractivity contribution is -0.385. The van der Waals surface area contributed by atoms with Crippen molar-refractivity contribution in [2.24, 2.45) is 4.40 Å². The second-order valence-electron chi connectivity index (χ2n) is 5.60. The van der Waals surface area contributed by atoms with Crippen molar-refractivity contribution in [2.75, 3.05) is 14.1 Å². The van der Waals surface area contributed by atoms with Gasteiger partial charge in [0.2, 0.25) is 5.75 Å². The maximum Gasteiger partial charge on any atom is 0.335 e. The maximum atomic E-state index is 13.1. The maximum absolute atomic E-state index is 13.1. The number of nitro groups is 1. The smallest absolute Gasteiger partial charge is 0.335 e. The Kier molecular flexibility index (Phi) is 5.93. The second kappa shape index (κ2) is 8.00. The Balaban J connectivity index is 2.76. The summed E-state index contributed by atoms with van der Waals surface area (Å²) in [5.74, 6) is -3.02. The number of nitro benzene ring substituents is 1. The monoisotopic (exact) mass is 411 g/mol. The Hall–Kier alpha value is -3.54. The number of ether oxygens (including phenoxy) is 1. The third kappa shape index (κ3) is 4.79. The van der Waals surface area contributed by atoms with Crippen LogP contribution in [0, 0.1) is 15.9 Å². The highest BCUT2D eigenvalue weighted by Gasteiger charge is 2.31. The Bertz CT molecular complexity index is 1050. The van der Waals surface area contributed by atoms with E-state index in [0.717, 1.165) is 30.6 Å². The molecule has 10 nitrogen and oxygen atoms in total. The van der Waals surface area contributed by atoms with E-state index in [9.17, 15) is 27.7 Å². The SMILES string of the molecule is CN(C)/C=N/S(=O)(=O)c1cc(C(=O)O)cc([N+](=O)[O-])c1Oc1ccc(F)cc1. The van der Waals surface area contributed by atoms with Crippen molar-refractivity contribution in [1.82, 2.24) is 4.90 Å². The molecule has 1 N–H and O–H groups in total. The number of sulfonamides is 1. The van der Waals surface area contributed by atoms with Crippen LogP contribution in [0.25, 0.3) is 0 Å². The van der Waals surface area contributed by atoms with Gasteiger partial charge in [-0.15, -0.1) is 4.40 Å². The minimum Gasteiger partial charge on any atom is -0.478 e. The molecule has 148 valence electrons. The lowest BCUT2D eigenvalue weighted by atomic mass is 10.2. The standard InChI is InChI=1S/C16H14FN3O7S/c1-19(2)9-18-28(25,26)14-8-10(16(21)22)7-13(20(23)24)15(14)27-12-5-3-11(17)4-6-12/h3-9H,1-2H3,(H,21,22)/b18-9+. The van der Waals surface area contributed by atoms with E-state index in [1.165, 1.54) is 19.0 Å². The molecule has 0 amide bonds. The van der Waals surface area contributed by atoms with E-state index < -0.39 is 48.6 Å². The summed E-state index contributed by atoms with van der Waals surface area (Å²) in [4.78, 5) is 22.2. The summed E-state index contributed by atoms with van der Waals surface area (Å²) in [5.41, 5.74) is -1.54. The highest BCUT2D eigenvalue weighted by Crippen LogP contribution is 2.39. The number of aromatic carboxylic acids is 1. The number of hydrogen-bond donors (Lipinski definition) is 1. The fourth-order valence-corrected chi connectivity index (χ4v) is 3.06. The summed E-state index contributed by atoms with van der Waals surface area (Å²) in [6, 6.07) is 5.63. The molecule has 0 aromatic heterocycles. The predicted molar refractivity (Wildman–Crippen MR) is 95.9 cm³/mol. The first kappa shape index (κ1) is 20.8. The average Bonchev–Trinajstić information content (AvgIpc) is 2.61. The molecule has 0 aliphatic carbocycles. The molecule has 2 aromatic carbocycles. The molecule has 2 rings (SSSR count). The summed E-state index contributed by atoms with van der Waals surface area (Å²) >= 11 is 0. The summed E-state index contributed by atoms with van der Waals surface area (Å²) in [6.07, 6.45) is 0.927. The van der Waals surface area contributed by atoms with Crippen molar-refractivity contribution >= 4 is 28.0 Å². The van der Waals surface area contributed by atoms with Crippen LogP contribution in [0.2, 0.25) is 0 Å². The minimum absolute atomic E-state index is 0.0967. The number of hydrogen-bond acceptors (Lipinski definition) is 6. The lowest BCUT2D eigenvalue weighted by Gasteiger charge is -2.12. The molecule has 0 atom stereocenters. The molecule has 0 heterocycles. The first-order valence-electron chi connectivity index (χ1n) is 7.47. The summed E-state index contributed by atoms with van der Waals surface area (Å²) in [6.45, 7) is 0. The molecule has 0 bridgehead atoms. The minimum atomic E-state index is -4.57. The van der Waals surface area contributed by atoms with Gasteiger partial charge in [-0.2, -0.15) is 8.42 Å². The highest BCUT2D eigenvalue weighted by atomic mass is 32.2. The molecule has 28 heavy (non-hydrogen) atoms. The largest absolute Gasteiger partial charge is 0.478 e. The molecule has 12 heteroatoms. The fraction of sp³-hybridized carbons (Fsp3) is 0.125. The van der Waals surface area contributed by atoms with E-state index >= 15 is 0 Å². The van der Waals surface area contributed by atoms with Gasteiger partial charge < -0.3 is 14.7 Å². The molecule has 0 fully saturated rings. The van der Waals surface area contributed by atoms with Gasteiger partial charge in [-0.05, 0) is 30.3 Å². The van der Waals surface area contributed by atoms with Gasteiger partial charge in [-0.1, -0.05) is 0 Å². The quantitative estimate of drug-likeness (QED) is 0.317. The molecule has 2 aromatic rings. The van der Waals surface area contributed by atoms with E-state index in [-0.39, 0.29) is 5.75 Å². The predicted octanol–water partition coefficient (Wildman–Crippen LogP) is 2.50. The van der Waals surface area contributed by atoms with Crippen molar-refractivity contribution in [2.45, 2.75) is 4.90 Å². The number of carboxylic acids is 1. The van der Waals surface area contributed by atoms with Gasteiger partial charge in [0.1, 0.15) is 22.8 Å². The normalized spacial score (nSPS) is 11.4. The Labute approximate surface area is 158 Å². The summed E-state index contributed by atoms with van der Waals surface area (Å²) in [7, 11) is -1.58. The van der Waals surface area contributed by atoms with Crippen LogP contribution in [0.15, 0.2) is 45.7 Å². The van der Waals surface area contributed by atoms with Crippen molar-refractivity contribution in [3.05, 3.63) is 57.9 Å². The van der Waals surface area contributed by atoms with E-state index in [4.69, 9.17) is 9.84 Å². The molecule has 0 saturated heterocycles. The zero-order chi connectivity index (χ0) is 21.1. The number of carboxylic acid groups (broad SMARTS) is 1. The van der Waals surface area contributed by atoms with Crippen LogP contribution in [0.5, 0.6) is 11.5 Å². The Morgan fingerprint density at radius 2 is 1.89 bits per heavy atom. The number of carbonyl (C=O) groups is 1. The van der Waals surface area contributed by atoms with Crippen molar-refractivity contribution in [3.8, 4) is 11.5 Å². The molecule has 0 unspecified atom stereocenters. The first-order chi connectivity index (χ1) is 13.0. The zero-order valence-corrected chi connectivity index (χ0v) is 15.4. The summed E-state index contributed by atoms with van der Waals surface area (Å²) in [5, 5.41) is 20.6.